The molecule has 0 saturated heterocycles. The molecule has 1 aliphatic heterocycles. The molecule has 100 valence electrons. The van der Waals surface area contributed by atoms with Crippen LogP contribution in [0.2, 0.25) is 0 Å². The Labute approximate surface area is 123 Å². The number of hydrazine groups is 1. The maximum Gasteiger partial charge on any atom is 0.125 e. The number of benzene rings is 1. The minimum atomic E-state index is -0.0543. The number of halogens is 1. The fraction of sp³-hybridized carbons (Fsp3) is 0.333. The third kappa shape index (κ3) is 2.64. The van der Waals surface area contributed by atoms with Gasteiger partial charge in [0.2, 0.25) is 0 Å². The van der Waals surface area contributed by atoms with E-state index in [1.54, 1.807) is 0 Å². The summed E-state index contributed by atoms with van der Waals surface area (Å²) in [5.41, 5.74) is 6.04. The van der Waals surface area contributed by atoms with Gasteiger partial charge >= 0.3 is 0 Å². The Balaban J connectivity index is 1.90. The zero-order valence-electron chi connectivity index (χ0n) is 10.1. The van der Waals surface area contributed by atoms with Crippen molar-refractivity contribution in [2.24, 2.45) is 5.84 Å². The van der Waals surface area contributed by atoms with Crippen LogP contribution >= 0.6 is 27.5 Å². The fourth-order valence-corrected chi connectivity index (χ4v) is 3.35. The largest absolute Gasteiger partial charge is 0.493 e. The van der Waals surface area contributed by atoms with Gasteiger partial charge in [-0.05, 0) is 41.2 Å². The number of nitrogens with two attached hydrogens (primary N) is 1. The van der Waals surface area contributed by atoms with Crippen LogP contribution in [0.5, 0.6) is 5.75 Å². The molecule has 7 heteroatoms. The maximum atomic E-state index is 5.72. The molecular formula is C12H13BrN4OS. The molecule has 1 aromatic heterocycles. The van der Waals surface area contributed by atoms with Crippen LogP contribution in [0.1, 0.15) is 22.9 Å². The van der Waals surface area contributed by atoms with Crippen molar-refractivity contribution in [2.75, 3.05) is 6.61 Å². The normalized spacial score (nSPS) is 15.1. The Morgan fingerprint density at radius 3 is 3.16 bits per heavy atom. The number of ether oxygens (including phenoxy) is 1. The number of aromatic nitrogens is 2. The molecular weight excluding hydrogens is 328 g/mol. The van der Waals surface area contributed by atoms with Crippen molar-refractivity contribution in [2.45, 2.75) is 18.9 Å². The first-order valence-corrected chi connectivity index (χ1v) is 7.58. The second-order valence-electron chi connectivity index (χ2n) is 4.40. The summed E-state index contributed by atoms with van der Waals surface area (Å²) in [4.78, 5) is 0. The lowest BCUT2D eigenvalue weighted by Gasteiger charge is -2.15. The van der Waals surface area contributed by atoms with Gasteiger partial charge in [0.15, 0.2) is 0 Å². The molecule has 0 aliphatic carbocycles. The van der Waals surface area contributed by atoms with Gasteiger partial charge in [0.1, 0.15) is 5.75 Å². The molecule has 0 saturated carbocycles. The van der Waals surface area contributed by atoms with E-state index in [0.29, 0.717) is 0 Å². The number of hydrogen-bond acceptors (Lipinski definition) is 6. The molecule has 19 heavy (non-hydrogen) atoms. The zero-order valence-corrected chi connectivity index (χ0v) is 12.5. The molecule has 0 radical (unpaired) electrons. The van der Waals surface area contributed by atoms with Crippen LogP contribution in [-0.4, -0.2) is 16.2 Å². The van der Waals surface area contributed by atoms with Crippen molar-refractivity contribution in [3.8, 4) is 5.75 Å². The minimum absolute atomic E-state index is 0.0543. The SMILES string of the molecule is NNC(Cc1cc(Br)cc2c1OCC2)c1csnn1. The van der Waals surface area contributed by atoms with Gasteiger partial charge in [0.05, 0.1) is 18.3 Å². The van der Waals surface area contributed by atoms with E-state index in [-0.39, 0.29) is 6.04 Å². The Morgan fingerprint density at radius 2 is 2.42 bits per heavy atom. The van der Waals surface area contributed by atoms with Gasteiger partial charge in [-0.25, -0.2) is 0 Å². The van der Waals surface area contributed by atoms with Gasteiger partial charge < -0.3 is 4.74 Å². The van der Waals surface area contributed by atoms with Crippen LogP contribution in [0.25, 0.3) is 0 Å². The van der Waals surface area contributed by atoms with E-state index >= 15 is 0 Å². The maximum absolute atomic E-state index is 5.72. The molecule has 0 spiro atoms. The summed E-state index contributed by atoms with van der Waals surface area (Å²) in [7, 11) is 0. The first-order chi connectivity index (χ1) is 9.28. The molecule has 1 aromatic carbocycles. The molecule has 0 fully saturated rings. The van der Waals surface area contributed by atoms with E-state index in [4.69, 9.17) is 10.6 Å². The number of fused-ring (bicyclic) bond motifs is 1. The Hall–Kier alpha value is -1.02. The van der Waals surface area contributed by atoms with E-state index in [2.05, 4.69) is 43.1 Å². The first-order valence-electron chi connectivity index (χ1n) is 5.95. The molecule has 3 rings (SSSR count). The summed E-state index contributed by atoms with van der Waals surface area (Å²) in [6.45, 7) is 0.748. The Bertz CT molecular complexity index is 575. The van der Waals surface area contributed by atoms with Crippen LogP contribution < -0.4 is 16.0 Å². The topological polar surface area (TPSA) is 73.1 Å². The highest BCUT2D eigenvalue weighted by Crippen LogP contribution is 2.35. The highest BCUT2D eigenvalue weighted by atomic mass is 79.9. The molecule has 1 unspecified atom stereocenters. The third-order valence-electron chi connectivity index (χ3n) is 3.18. The summed E-state index contributed by atoms with van der Waals surface area (Å²) in [6.07, 6.45) is 1.68. The van der Waals surface area contributed by atoms with Gasteiger partial charge in [-0.1, -0.05) is 20.4 Å². The monoisotopic (exact) mass is 340 g/mol. The van der Waals surface area contributed by atoms with E-state index < -0.39 is 0 Å². The standard InChI is InChI=1S/C12H13BrN4OS/c13-9-3-7-1-2-18-12(7)8(4-9)5-10(15-14)11-6-19-17-16-11/h3-4,6,10,15H,1-2,5,14H2. The lowest BCUT2D eigenvalue weighted by Crippen LogP contribution is -2.30. The lowest BCUT2D eigenvalue weighted by molar-refractivity contribution is 0.351. The van der Waals surface area contributed by atoms with E-state index in [9.17, 15) is 0 Å². The first kappa shape index (κ1) is 13.0. The number of hydrogen-bond donors (Lipinski definition) is 2. The fourth-order valence-electron chi connectivity index (χ4n) is 2.29. The van der Waals surface area contributed by atoms with Crippen LogP contribution in [0.4, 0.5) is 0 Å². The quantitative estimate of drug-likeness (QED) is 0.657. The van der Waals surface area contributed by atoms with Gasteiger partial charge in [-0.15, -0.1) is 5.10 Å². The highest BCUT2D eigenvalue weighted by Gasteiger charge is 2.21. The lowest BCUT2D eigenvalue weighted by atomic mass is 10.0. The average Bonchev–Trinajstić information content (AvgIpc) is 3.05. The van der Waals surface area contributed by atoms with Crippen LogP contribution in [0.15, 0.2) is 22.0 Å². The predicted molar refractivity (Wildman–Crippen MR) is 77.0 cm³/mol. The van der Waals surface area contributed by atoms with Crippen molar-refractivity contribution >= 4 is 27.5 Å². The second-order valence-corrected chi connectivity index (χ2v) is 5.93. The van der Waals surface area contributed by atoms with E-state index in [0.717, 1.165) is 40.9 Å². The van der Waals surface area contributed by atoms with Crippen molar-refractivity contribution in [1.29, 1.82) is 0 Å². The molecule has 0 amide bonds. The summed E-state index contributed by atoms with van der Waals surface area (Å²) < 4.78 is 10.7. The van der Waals surface area contributed by atoms with Gasteiger partial charge in [-0.3, -0.25) is 11.3 Å². The van der Waals surface area contributed by atoms with Crippen molar-refractivity contribution in [3.05, 3.63) is 38.8 Å². The predicted octanol–water partition coefficient (Wildman–Crippen LogP) is 1.98. The third-order valence-corrected chi connectivity index (χ3v) is 4.17. The number of nitrogens with zero attached hydrogens (tertiary/aromatic N) is 2. The van der Waals surface area contributed by atoms with Gasteiger partial charge in [0, 0.05) is 16.3 Å². The second kappa shape index (κ2) is 5.54. The van der Waals surface area contributed by atoms with E-state index in [1.165, 1.54) is 17.1 Å². The Kier molecular flexibility index (Phi) is 3.79. The summed E-state index contributed by atoms with van der Waals surface area (Å²) in [6, 6.07) is 4.14. The molecule has 2 aromatic rings. The molecule has 1 aliphatic rings. The van der Waals surface area contributed by atoms with E-state index in [1.807, 2.05) is 5.38 Å². The Morgan fingerprint density at radius 1 is 1.53 bits per heavy atom. The molecule has 2 heterocycles. The van der Waals surface area contributed by atoms with Crippen LogP contribution in [0, 0.1) is 0 Å². The number of nitrogens with one attached hydrogen (secondary N) is 1. The van der Waals surface area contributed by atoms with Gasteiger partial charge in [0.25, 0.3) is 0 Å². The summed E-state index contributed by atoms with van der Waals surface area (Å²) in [5.74, 6) is 6.62. The van der Waals surface area contributed by atoms with Crippen molar-refractivity contribution in [1.82, 2.24) is 15.0 Å². The highest BCUT2D eigenvalue weighted by molar-refractivity contribution is 9.10. The van der Waals surface area contributed by atoms with Crippen molar-refractivity contribution < 1.29 is 4.74 Å². The van der Waals surface area contributed by atoms with Gasteiger partial charge in [-0.2, -0.15) is 0 Å². The zero-order chi connectivity index (χ0) is 13.2. The number of rotatable bonds is 4. The summed E-state index contributed by atoms with van der Waals surface area (Å²) >= 11 is 4.87. The van der Waals surface area contributed by atoms with Crippen LogP contribution in [0.3, 0.4) is 0 Å². The smallest absolute Gasteiger partial charge is 0.125 e. The molecule has 1 atom stereocenters. The summed E-state index contributed by atoms with van der Waals surface area (Å²) in [5, 5.41) is 5.98. The average molecular weight is 341 g/mol. The molecule has 3 N–H and O–H groups in total. The van der Waals surface area contributed by atoms with Crippen LogP contribution in [-0.2, 0) is 12.8 Å². The molecule has 0 bridgehead atoms. The molecule has 5 nitrogen and oxygen atoms in total. The van der Waals surface area contributed by atoms with Crippen molar-refractivity contribution in [3.63, 3.8) is 0 Å². The minimum Gasteiger partial charge on any atom is -0.493 e.